The van der Waals surface area contributed by atoms with Crippen LogP contribution in [-0.2, 0) is 6.18 Å². The smallest absolute Gasteiger partial charge is 0.382 e. The van der Waals surface area contributed by atoms with E-state index < -0.39 is 21.9 Å². The van der Waals surface area contributed by atoms with Crippen LogP contribution in [0.15, 0.2) is 6.20 Å². The molecule has 0 saturated carbocycles. The molecule has 0 spiro atoms. The van der Waals surface area contributed by atoms with Gasteiger partial charge in [0.2, 0.25) is 0 Å². The molecule has 102 valence electrons. The van der Waals surface area contributed by atoms with Crippen LogP contribution in [0.4, 0.5) is 23.4 Å². The van der Waals surface area contributed by atoms with Crippen LogP contribution in [0.1, 0.15) is 5.56 Å². The average molecular weight is 332 g/mol. The van der Waals surface area contributed by atoms with Gasteiger partial charge >= 0.3 is 6.18 Å². The highest BCUT2D eigenvalue weighted by Crippen LogP contribution is 2.45. The van der Waals surface area contributed by atoms with Crippen molar-refractivity contribution in [1.29, 1.82) is 0 Å². The second-order valence-electron chi connectivity index (χ2n) is 3.32. The normalized spacial score (nSPS) is 11.9. The minimum absolute atomic E-state index is 0.0351. The number of nitrogens with two attached hydrogens (primary N) is 1. The number of hydrogen-bond acceptors (Lipinski definition) is 4. The van der Waals surface area contributed by atoms with Gasteiger partial charge in [0.05, 0.1) is 16.1 Å². The Labute approximate surface area is 118 Å². The van der Waals surface area contributed by atoms with Crippen molar-refractivity contribution in [2.45, 2.75) is 6.18 Å². The number of rotatable bonds is 1. The molecule has 0 aliphatic rings. The van der Waals surface area contributed by atoms with Crippen LogP contribution in [0.25, 0.3) is 10.7 Å². The van der Waals surface area contributed by atoms with Gasteiger partial charge in [-0.15, -0.1) is 11.3 Å². The molecule has 3 nitrogen and oxygen atoms in total. The van der Waals surface area contributed by atoms with E-state index in [-0.39, 0.29) is 32.9 Å². The van der Waals surface area contributed by atoms with Crippen molar-refractivity contribution in [2.24, 2.45) is 0 Å². The highest BCUT2D eigenvalue weighted by Gasteiger charge is 2.40. The standard InChI is InChI=1S/C9H3Cl2F4N3S/c10-2-1-17-8(18-7(2)16)5-4(11)3(6(12)19-5)9(13,14)15/h1H,(H2,16,17,18). The molecule has 0 aliphatic carbocycles. The number of aromatic nitrogens is 2. The predicted molar refractivity (Wildman–Crippen MR) is 64.7 cm³/mol. The molecule has 10 heteroatoms. The third-order valence-corrected chi connectivity index (χ3v) is 3.82. The maximum atomic E-state index is 13.3. The van der Waals surface area contributed by atoms with Gasteiger partial charge in [0, 0.05) is 0 Å². The summed E-state index contributed by atoms with van der Waals surface area (Å²) in [4.78, 5) is 7.09. The first kappa shape index (κ1) is 14.3. The molecule has 0 unspecified atom stereocenters. The number of alkyl halides is 3. The third kappa shape index (κ3) is 2.60. The van der Waals surface area contributed by atoms with Crippen LogP contribution in [-0.4, -0.2) is 9.97 Å². The quantitative estimate of drug-likeness (QED) is 0.794. The molecule has 0 aromatic carbocycles. The van der Waals surface area contributed by atoms with Crippen LogP contribution >= 0.6 is 34.5 Å². The molecule has 2 aromatic heterocycles. The number of thiophene rings is 1. The van der Waals surface area contributed by atoms with Crippen LogP contribution in [0.3, 0.4) is 0 Å². The van der Waals surface area contributed by atoms with Gasteiger partial charge in [-0.05, 0) is 0 Å². The summed E-state index contributed by atoms with van der Waals surface area (Å²) in [6.45, 7) is 0. The summed E-state index contributed by atoms with van der Waals surface area (Å²) in [7, 11) is 0. The van der Waals surface area contributed by atoms with Crippen LogP contribution in [0, 0.1) is 5.13 Å². The second-order valence-corrected chi connectivity index (χ2v) is 5.07. The molecule has 0 aliphatic heterocycles. The van der Waals surface area contributed by atoms with E-state index in [1.54, 1.807) is 0 Å². The first-order valence-electron chi connectivity index (χ1n) is 4.55. The zero-order valence-electron chi connectivity index (χ0n) is 8.73. The first-order valence-corrected chi connectivity index (χ1v) is 6.12. The predicted octanol–water partition coefficient (Wildman–Crippen LogP) is 4.25. The molecule has 2 aromatic rings. The molecule has 2 rings (SSSR count). The second kappa shape index (κ2) is 4.77. The van der Waals surface area contributed by atoms with Crippen molar-refractivity contribution < 1.29 is 17.6 Å². The van der Waals surface area contributed by atoms with Crippen LogP contribution < -0.4 is 5.73 Å². The Hall–Kier alpha value is -1.12. The van der Waals surface area contributed by atoms with Crippen molar-refractivity contribution in [2.75, 3.05) is 5.73 Å². The molecule has 0 fully saturated rings. The zero-order chi connectivity index (χ0) is 14.4. The Morgan fingerprint density at radius 1 is 1.26 bits per heavy atom. The van der Waals surface area contributed by atoms with Gasteiger partial charge in [0.15, 0.2) is 11.0 Å². The van der Waals surface area contributed by atoms with Gasteiger partial charge in [-0.2, -0.15) is 17.6 Å². The molecule has 0 amide bonds. The lowest BCUT2D eigenvalue weighted by molar-refractivity contribution is -0.139. The van der Waals surface area contributed by atoms with E-state index in [2.05, 4.69) is 9.97 Å². The molecular weight excluding hydrogens is 329 g/mol. The van der Waals surface area contributed by atoms with Crippen molar-refractivity contribution >= 4 is 40.4 Å². The maximum absolute atomic E-state index is 13.3. The van der Waals surface area contributed by atoms with Gasteiger partial charge in [0.1, 0.15) is 16.4 Å². The summed E-state index contributed by atoms with van der Waals surface area (Å²) < 4.78 is 51.1. The van der Waals surface area contributed by atoms with Crippen molar-refractivity contribution in [3.8, 4) is 10.7 Å². The van der Waals surface area contributed by atoms with Gasteiger partial charge in [-0.1, -0.05) is 23.2 Å². The third-order valence-electron chi connectivity index (χ3n) is 2.06. The Morgan fingerprint density at radius 3 is 2.37 bits per heavy atom. The van der Waals surface area contributed by atoms with E-state index in [9.17, 15) is 17.6 Å². The number of halogens is 6. The van der Waals surface area contributed by atoms with E-state index >= 15 is 0 Å². The largest absolute Gasteiger partial charge is 0.421 e. The van der Waals surface area contributed by atoms with E-state index in [1.807, 2.05) is 0 Å². The average Bonchev–Trinajstić information content (AvgIpc) is 2.57. The summed E-state index contributed by atoms with van der Waals surface area (Å²) in [6.07, 6.45) is -3.80. The summed E-state index contributed by atoms with van der Waals surface area (Å²) >= 11 is 11.3. The molecule has 0 atom stereocenters. The molecule has 2 N–H and O–H groups in total. The number of nitrogen functional groups attached to an aromatic ring is 1. The first-order chi connectivity index (χ1) is 8.71. The lowest BCUT2D eigenvalue weighted by atomic mass is 10.3. The minimum Gasteiger partial charge on any atom is -0.382 e. The van der Waals surface area contributed by atoms with Crippen LogP contribution in [0.2, 0.25) is 10.0 Å². The topological polar surface area (TPSA) is 51.8 Å². The minimum atomic E-state index is -4.89. The molecule has 0 bridgehead atoms. The van der Waals surface area contributed by atoms with E-state index in [0.29, 0.717) is 0 Å². The number of anilines is 1. The molecule has 0 radical (unpaired) electrons. The highest BCUT2D eigenvalue weighted by atomic mass is 35.5. The van der Waals surface area contributed by atoms with Gasteiger partial charge < -0.3 is 5.73 Å². The Morgan fingerprint density at radius 2 is 1.89 bits per heavy atom. The SMILES string of the molecule is Nc1nc(-c2sc(F)c(C(F)(F)F)c2Cl)ncc1Cl. The van der Waals surface area contributed by atoms with E-state index in [4.69, 9.17) is 28.9 Å². The van der Waals surface area contributed by atoms with Crippen molar-refractivity contribution in [3.05, 3.63) is 26.9 Å². The lowest BCUT2D eigenvalue weighted by Gasteiger charge is -2.05. The molecular formula is C9H3Cl2F4N3S. The summed E-state index contributed by atoms with van der Waals surface area (Å²) in [5, 5.41) is -2.21. The van der Waals surface area contributed by atoms with Crippen LogP contribution in [0.5, 0.6) is 0 Å². The fraction of sp³-hybridized carbons (Fsp3) is 0.111. The summed E-state index contributed by atoms with van der Waals surface area (Å²) in [5.41, 5.74) is 3.87. The Kier molecular flexibility index (Phi) is 3.59. The number of hydrogen-bond donors (Lipinski definition) is 1. The zero-order valence-corrected chi connectivity index (χ0v) is 11.1. The fourth-order valence-corrected chi connectivity index (χ4v) is 2.67. The fourth-order valence-electron chi connectivity index (χ4n) is 1.25. The van der Waals surface area contributed by atoms with E-state index in [1.165, 1.54) is 0 Å². The maximum Gasteiger partial charge on any atom is 0.421 e. The lowest BCUT2D eigenvalue weighted by Crippen LogP contribution is -2.06. The molecule has 2 heterocycles. The number of nitrogens with zero attached hydrogens (tertiary/aromatic N) is 2. The Balaban J connectivity index is 2.61. The summed E-state index contributed by atoms with van der Waals surface area (Å²) in [5.74, 6) is -0.351. The van der Waals surface area contributed by atoms with E-state index in [0.717, 1.165) is 6.20 Å². The molecule has 19 heavy (non-hydrogen) atoms. The monoisotopic (exact) mass is 331 g/mol. The van der Waals surface area contributed by atoms with Gasteiger partial charge in [-0.3, -0.25) is 0 Å². The van der Waals surface area contributed by atoms with Crippen molar-refractivity contribution in [1.82, 2.24) is 9.97 Å². The van der Waals surface area contributed by atoms with Gasteiger partial charge in [-0.25, -0.2) is 9.97 Å². The van der Waals surface area contributed by atoms with Gasteiger partial charge in [0.25, 0.3) is 0 Å². The van der Waals surface area contributed by atoms with Crippen molar-refractivity contribution in [3.63, 3.8) is 0 Å². The molecule has 0 saturated heterocycles. The Bertz CT molecular complexity index is 641. The highest BCUT2D eigenvalue weighted by molar-refractivity contribution is 7.14. The summed E-state index contributed by atoms with van der Waals surface area (Å²) in [6, 6.07) is 0.